The van der Waals surface area contributed by atoms with Gasteiger partial charge in [0.25, 0.3) is 5.56 Å². The average Bonchev–Trinajstić information content (AvgIpc) is 2.40. The number of ether oxygens (including phenoxy) is 1. The van der Waals surface area contributed by atoms with Crippen molar-refractivity contribution in [3.8, 4) is 17.0 Å². The fourth-order valence-electron chi connectivity index (χ4n) is 2.42. The lowest BCUT2D eigenvalue weighted by molar-refractivity contribution is 0.242. The molecule has 0 fully saturated rings. The Balaban J connectivity index is 2.51. The highest BCUT2D eigenvalue weighted by Crippen LogP contribution is 2.24. The van der Waals surface area contributed by atoms with Crippen LogP contribution in [0.25, 0.3) is 11.3 Å². The summed E-state index contributed by atoms with van der Waals surface area (Å²) in [6.07, 6.45) is 0.111. The molecule has 0 bridgehead atoms. The van der Waals surface area contributed by atoms with Crippen LogP contribution in [0.4, 0.5) is 0 Å². The van der Waals surface area contributed by atoms with E-state index in [9.17, 15) is 4.79 Å². The second-order valence-electron chi connectivity index (χ2n) is 6.41. The first-order valence-corrected chi connectivity index (χ1v) is 7.46. The van der Waals surface area contributed by atoms with Crippen molar-refractivity contribution >= 4 is 0 Å². The Morgan fingerprint density at radius 2 is 1.86 bits per heavy atom. The normalized spacial score (nSPS) is 11.8. The molecule has 118 valence electrons. The van der Waals surface area contributed by atoms with Crippen molar-refractivity contribution in [2.24, 2.45) is 12.8 Å². The van der Waals surface area contributed by atoms with Crippen molar-refractivity contribution < 1.29 is 4.74 Å². The van der Waals surface area contributed by atoms with E-state index in [0.717, 1.165) is 17.0 Å². The number of nitrogens with zero attached hydrogens (tertiary/aromatic N) is 1. The van der Waals surface area contributed by atoms with E-state index in [4.69, 9.17) is 10.5 Å². The lowest BCUT2D eigenvalue weighted by atomic mass is 9.96. The maximum absolute atomic E-state index is 12.5. The van der Waals surface area contributed by atoms with Gasteiger partial charge in [0.15, 0.2) is 0 Å². The van der Waals surface area contributed by atoms with Gasteiger partial charge in [0.05, 0.1) is 11.8 Å². The highest BCUT2D eigenvalue weighted by atomic mass is 16.5. The maximum Gasteiger partial charge on any atom is 0.255 e. The molecule has 4 nitrogen and oxygen atoms in total. The molecule has 0 aliphatic carbocycles. The summed E-state index contributed by atoms with van der Waals surface area (Å²) in [4.78, 5) is 12.5. The fraction of sp³-hybridized carbons (Fsp3) is 0.389. The minimum absolute atomic E-state index is 0.0693. The molecule has 0 amide bonds. The Morgan fingerprint density at radius 1 is 1.18 bits per heavy atom. The second-order valence-corrected chi connectivity index (χ2v) is 6.41. The van der Waals surface area contributed by atoms with Gasteiger partial charge in [-0.1, -0.05) is 12.1 Å². The number of pyridine rings is 1. The second kappa shape index (κ2) is 5.97. The molecule has 1 aromatic heterocycles. The largest absolute Gasteiger partial charge is 0.491 e. The van der Waals surface area contributed by atoms with E-state index in [-0.39, 0.29) is 11.7 Å². The zero-order valence-electron chi connectivity index (χ0n) is 13.9. The molecule has 0 saturated carbocycles. The van der Waals surface area contributed by atoms with Crippen molar-refractivity contribution in [1.29, 1.82) is 0 Å². The summed E-state index contributed by atoms with van der Waals surface area (Å²) >= 11 is 0. The van der Waals surface area contributed by atoms with E-state index < -0.39 is 5.54 Å². The molecule has 2 rings (SSSR count). The molecule has 0 spiro atoms. The Bertz CT molecular complexity index is 725. The van der Waals surface area contributed by atoms with Crippen LogP contribution >= 0.6 is 0 Å². The lowest BCUT2D eigenvalue weighted by Crippen LogP contribution is -2.37. The topological polar surface area (TPSA) is 57.2 Å². The van der Waals surface area contributed by atoms with E-state index in [1.165, 1.54) is 0 Å². The number of hydrogen-bond donors (Lipinski definition) is 1. The van der Waals surface area contributed by atoms with E-state index >= 15 is 0 Å². The van der Waals surface area contributed by atoms with Gasteiger partial charge in [0.1, 0.15) is 5.75 Å². The monoisotopic (exact) mass is 300 g/mol. The first-order valence-electron chi connectivity index (χ1n) is 7.46. The highest BCUT2D eigenvalue weighted by molar-refractivity contribution is 5.62. The summed E-state index contributed by atoms with van der Waals surface area (Å²) in [6.45, 7) is 7.64. The maximum atomic E-state index is 12.5. The van der Waals surface area contributed by atoms with Gasteiger partial charge in [0.2, 0.25) is 0 Å². The lowest BCUT2D eigenvalue weighted by Gasteiger charge is -2.20. The van der Waals surface area contributed by atoms with Crippen LogP contribution < -0.4 is 16.0 Å². The van der Waals surface area contributed by atoms with E-state index in [0.29, 0.717) is 5.56 Å². The molecule has 2 aromatic rings. The fourth-order valence-corrected chi connectivity index (χ4v) is 2.42. The van der Waals surface area contributed by atoms with Crippen LogP contribution in [0.15, 0.2) is 41.2 Å². The van der Waals surface area contributed by atoms with Gasteiger partial charge in [-0.2, -0.15) is 0 Å². The third-order valence-corrected chi connectivity index (χ3v) is 3.50. The molecule has 0 aliphatic heterocycles. The van der Waals surface area contributed by atoms with Crippen LogP contribution in [0, 0.1) is 0 Å². The van der Waals surface area contributed by atoms with Gasteiger partial charge < -0.3 is 15.0 Å². The molecule has 22 heavy (non-hydrogen) atoms. The Morgan fingerprint density at radius 3 is 2.45 bits per heavy atom. The Kier molecular flexibility index (Phi) is 4.42. The molecule has 1 aromatic carbocycles. The predicted molar refractivity (Wildman–Crippen MR) is 90.1 cm³/mol. The highest BCUT2D eigenvalue weighted by Gasteiger charge is 2.20. The first kappa shape index (κ1) is 16.3. The van der Waals surface area contributed by atoms with Crippen molar-refractivity contribution in [1.82, 2.24) is 4.57 Å². The minimum atomic E-state index is -0.657. The molecular formula is C18H24N2O2. The van der Waals surface area contributed by atoms with Crippen molar-refractivity contribution in [3.05, 3.63) is 52.3 Å². The van der Waals surface area contributed by atoms with Crippen LogP contribution in [0.2, 0.25) is 0 Å². The Labute approximate surface area is 131 Å². The molecule has 1 heterocycles. The van der Waals surface area contributed by atoms with Gasteiger partial charge in [-0.05, 0) is 52.0 Å². The van der Waals surface area contributed by atoms with Gasteiger partial charge in [-0.15, -0.1) is 0 Å². The minimum Gasteiger partial charge on any atom is -0.491 e. The zero-order valence-corrected chi connectivity index (χ0v) is 13.9. The number of benzene rings is 1. The van der Waals surface area contributed by atoms with Crippen molar-refractivity contribution in [2.75, 3.05) is 0 Å². The predicted octanol–water partition coefficient (Wildman–Crippen LogP) is 3.03. The van der Waals surface area contributed by atoms with Crippen LogP contribution in [0.1, 0.15) is 33.3 Å². The van der Waals surface area contributed by atoms with Crippen molar-refractivity contribution in [3.63, 3.8) is 0 Å². The van der Waals surface area contributed by atoms with E-state index in [1.807, 2.05) is 64.1 Å². The third kappa shape index (κ3) is 3.39. The van der Waals surface area contributed by atoms with Gasteiger partial charge in [0, 0.05) is 23.7 Å². The van der Waals surface area contributed by atoms with Crippen LogP contribution in [0.5, 0.6) is 5.75 Å². The molecule has 0 aliphatic rings. The van der Waals surface area contributed by atoms with Crippen LogP contribution in [-0.2, 0) is 12.6 Å². The molecule has 0 atom stereocenters. The summed E-state index contributed by atoms with van der Waals surface area (Å²) in [5.74, 6) is 0.795. The van der Waals surface area contributed by atoms with Gasteiger partial charge >= 0.3 is 0 Å². The summed E-state index contributed by atoms with van der Waals surface area (Å²) in [5.41, 5.74) is 7.72. The van der Waals surface area contributed by atoms with Crippen LogP contribution in [-0.4, -0.2) is 10.7 Å². The molecule has 2 N–H and O–H groups in total. The van der Waals surface area contributed by atoms with Crippen molar-refractivity contribution in [2.45, 2.75) is 39.3 Å². The third-order valence-electron chi connectivity index (χ3n) is 3.50. The molecular weight excluding hydrogens is 276 g/mol. The standard InChI is InChI=1S/C18H24N2O2/c1-12(2)22-14-8-6-7-13(11-14)16-10-9-15(18(3,4)19)17(21)20(16)5/h6-12H,19H2,1-5H3. The number of rotatable bonds is 4. The van der Waals surface area contributed by atoms with E-state index in [2.05, 4.69) is 0 Å². The Hall–Kier alpha value is -2.07. The molecule has 4 heteroatoms. The number of hydrogen-bond acceptors (Lipinski definition) is 3. The SMILES string of the molecule is CC(C)Oc1cccc(-c2ccc(C(C)(C)N)c(=O)n2C)c1. The average molecular weight is 300 g/mol. The molecule has 0 radical (unpaired) electrons. The summed E-state index contributed by atoms with van der Waals surface area (Å²) in [7, 11) is 1.77. The molecule has 0 saturated heterocycles. The number of nitrogens with two attached hydrogens (primary N) is 1. The smallest absolute Gasteiger partial charge is 0.255 e. The first-order chi connectivity index (χ1) is 10.2. The quantitative estimate of drug-likeness (QED) is 0.944. The van der Waals surface area contributed by atoms with Gasteiger partial charge in [-0.3, -0.25) is 4.79 Å². The zero-order chi connectivity index (χ0) is 16.5. The number of aromatic nitrogens is 1. The molecule has 0 unspecified atom stereocenters. The van der Waals surface area contributed by atoms with Gasteiger partial charge in [-0.25, -0.2) is 0 Å². The summed E-state index contributed by atoms with van der Waals surface area (Å²) < 4.78 is 7.35. The summed E-state index contributed by atoms with van der Waals surface area (Å²) in [6, 6.07) is 11.5. The van der Waals surface area contributed by atoms with Crippen LogP contribution in [0.3, 0.4) is 0 Å². The van der Waals surface area contributed by atoms with E-state index in [1.54, 1.807) is 11.6 Å². The summed E-state index contributed by atoms with van der Waals surface area (Å²) in [5, 5.41) is 0.